The number of ether oxygens (including phenoxy) is 3. The van der Waals surface area contributed by atoms with E-state index in [0.717, 1.165) is 70.5 Å². The van der Waals surface area contributed by atoms with Crippen LogP contribution in [0.15, 0.2) is 71.3 Å². The van der Waals surface area contributed by atoms with Gasteiger partial charge in [-0.2, -0.15) is 0 Å². The fraction of sp³-hybridized carbons (Fsp3) is 0.310. The maximum Gasteiger partial charge on any atom is 0.309 e. The summed E-state index contributed by atoms with van der Waals surface area (Å²) >= 11 is 0. The Bertz CT molecular complexity index is 1250. The number of fused-ring (bicyclic) bond motifs is 1. The molecule has 0 unspecified atom stereocenters. The molecule has 6 nitrogen and oxygen atoms in total. The van der Waals surface area contributed by atoms with Crippen molar-refractivity contribution in [2.75, 3.05) is 20.3 Å². The Hall–Kier alpha value is -3.80. The summed E-state index contributed by atoms with van der Waals surface area (Å²) in [6.07, 6.45) is 3.80. The zero-order chi connectivity index (χ0) is 24.5. The van der Waals surface area contributed by atoms with Crippen molar-refractivity contribution in [1.82, 2.24) is 5.16 Å². The van der Waals surface area contributed by atoms with Crippen molar-refractivity contribution in [3.63, 3.8) is 0 Å². The molecule has 0 fully saturated rings. The summed E-state index contributed by atoms with van der Waals surface area (Å²) < 4.78 is 22.5. The van der Waals surface area contributed by atoms with Crippen molar-refractivity contribution >= 4 is 16.9 Å². The molecular formula is C29H31NO5. The summed E-state index contributed by atoms with van der Waals surface area (Å²) in [7, 11) is 1.39. The van der Waals surface area contributed by atoms with Gasteiger partial charge in [-0.25, -0.2) is 0 Å². The molecule has 182 valence electrons. The first-order valence-electron chi connectivity index (χ1n) is 12.1. The molecule has 0 amide bonds. The fourth-order valence-corrected chi connectivity index (χ4v) is 4.03. The highest BCUT2D eigenvalue weighted by Gasteiger charge is 2.17. The van der Waals surface area contributed by atoms with E-state index >= 15 is 0 Å². The van der Waals surface area contributed by atoms with E-state index in [1.165, 1.54) is 7.11 Å². The minimum Gasteiger partial charge on any atom is -0.494 e. The Kier molecular flexibility index (Phi) is 8.39. The molecule has 0 N–H and O–H groups in total. The third kappa shape index (κ3) is 6.21. The van der Waals surface area contributed by atoms with Crippen LogP contribution in [0.2, 0.25) is 0 Å². The number of esters is 1. The smallest absolute Gasteiger partial charge is 0.309 e. The van der Waals surface area contributed by atoms with Gasteiger partial charge in [0.15, 0.2) is 5.58 Å². The molecule has 0 atom stereocenters. The normalized spacial score (nSPS) is 10.9. The second-order valence-corrected chi connectivity index (χ2v) is 8.37. The van der Waals surface area contributed by atoms with E-state index in [-0.39, 0.29) is 12.4 Å². The van der Waals surface area contributed by atoms with Crippen LogP contribution in [0.4, 0.5) is 0 Å². The maximum atomic E-state index is 11.5. The van der Waals surface area contributed by atoms with Gasteiger partial charge in [-0.05, 0) is 49.1 Å². The molecule has 6 heteroatoms. The number of benzene rings is 3. The Morgan fingerprint density at radius 2 is 1.74 bits per heavy atom. The first-order valence-corrected chi connectivity index (χ1v) is 12.1. The largest absolute Gasteiger partial charge is 0.494 e. The lowest BCUT2D eigenvalue weighted by molar-refractivity contribution is -0.139. The SMILES string of the molecule is CCCc1c(OCCCCOc2cccc(CC(=O)OC)c2)ccc2c(-c3ccccc3)noc12. The fourth-order valence-electron chi connectivity index (χ4n) is 4.03. The summed E-state index contributed by atoms with van der Waals surface area (Å²) in [6.45, 7) is 3.32. The quantitative estimate of drug-likeness (QED) is 0.175. The molecule has 0 aliphatic carbocycles. The van der Waals surface area contributed by atoms with Gasteiger partial charge >= 0.3 is 5.97 Å². The van der Waals surface area contributed by atoms with Crippen LogP contribution >= 0.6 is 0 Å². The monoisotopic (exact) mass is 473 g/mol. The third-order valence-corrected chi connectivity index (χ3v) is 5.79. The molecule has 0 radical (unpaired) electrons. The zero-order valence-electron chi connectivity index (χ0n) is 20.3. The lowest BCUT2D eigenvalue weighted by atomic mass is 10.0. The number of methoxy groups -OCH3 is 1. The summed E-state index contributed by atoms with van der Waals surface area (Å²) in [5, 5.41) is 5.36. The molecule has 0 bridgehead atoms. The van der Waals surface area contributed by atoms with Gasteiger partial charge in [-0.3, -0.25) is 4.79 Å². The molecule has 0 spiro atoms. The van der Waals surface area contributed by atoms with Crippen LogP contribution in [0.3, 0.4) is 0 Å². The minimum absolute atomic E-state index is 0.240. The standard InChI is InChI=1S/C29H31NO5/c1-3-10-24-26(16-15-25-28(30-35-29(24)25)22-12-5-4-6-13-22)34-18-8-7-17-33-23-14-9-11-21(19-23)20-27(31)32-2/h4-6,9,11-16,19H,3,7-8,10,17-18,20H2,1-2H3. The van der Waals surface area contributed by atoms with Crippen molar-refractivity contribution in [3.05, 3.63) is 77.9 Å². The highest BCUT2D eigenvalue weighted by molar-refractivity contribution is 5.94. The van der Waals surface area contributed by atoms with Crippen LogP contribution in [-0.4, -0.2) is 31.4 Å². The van der Waals surface area contributed by atoms with Crippen LogP contribution < -0.4 is 9.47 Å². The van der Waals surface area contributed by atoms with Gasteiger partial charge in [-0.1, -0.05) is 61.0 Å². The lowest BCUT2D eigenvalue weighted by Crippen LogP contribution is -2.06. The van der Waals surface area contributed by atoms with Crippen LogP contribution in [0.5, 0.6) is 11.5 Å². The molecule has 0 saturated heterocycles. The van der Waals surface area contributed by atoms with Crippen LogP contribution in [0.25, 0.3) is 22.2 Å². The van der Waals surface area contributed by atoms with Crippen molar-refractivity contribution in [2.24, 2.45) is 0 Å². The summed E-state index contributed by atoms with van der Waals surface area (Å²) in [6, 6.07) is 21.7. The second-order valence-electron chi connectivity index (χ2n) is 8.37. The number of hydrogen-bond donors (Lipinski definition) is 0. The number of carbonyl (C=O) groups is 1. The van der Waals surface area contributed by atoms with Gasteiger partial charge in [0.25, 0.3) is 0 Å². The predicted octanol–water partition coefficient (Wildman–Crippen LogP) is 6.40. The van der Waals surface area contributed by atoms with Crippen molar-refractivity contribution in [2.45, 2.75) is 39.0 Å². The van der Waals surface area contributed by atoms with Crippen LogP contribution in [0.1, 0.15) is 37.3 Å². The Labute approximate surface area is 205 Å². The molecule has 0 saturated carbocycles. The van der Waals surface area contributed by atoms with E-state index in [2.05, 4.69) is 12.1 Å². The Morgan fingerprint density at radius 3 is 2.51 bits per heavy atom. The summed E-state index contributed by atoms with van der Waals surface area (Å²) in [5.41, 5.74) is 4.64. The van der Waals surface area contributed by atoms with Crippen molar-refractivity contribution in [3.8, 4) is 22.8 Å². The molecule has 4 rings (SSSR count). The van der Waals surface area contributed by atoms with E-state index in [0.29, 0.717) is 13.2 Å². The average molecular weight is 474 g/mol. The predicted molar refractivity (Wildman–Crippen MR) is 136 cm³/mol. The molecule has 0 aliphatic rings. The number of unbranched alkanes of at least 4 members (excludes halogenated alkanes) is 1. The first kappa shape index (κ1) is 24.3. The number of nitrogens with zero attached hydrogens (tertiary/aromatic N) is 1. The number of rotatable bonds is 12. The van der Waals surface area contributed by atoms with Crippen LogP contribution in [-0.2, 0) is 22.4 Å². The average Bonchev–Trinajstić information content (AvgIpc) is 3.32. The molecule has 1 aromatic heterocycles. The maximum absolute atomic E-state index is 11.5. The van der Waals surface area contributed by atoms with E-state index in [4.69, 9.17) is 18.7 Å². The Morgan fingerprint density at radius 1 is 0.943 bits per heavy atom. The van der Waals surface area contributed by atoms with Gasteiger partial charge in [0, 0.05) is 11.1 Å². The summed E-state index contributed by atoms with van der Waals surface area (Å²) in [4.78, 5) is 11.5. The zero-order valence-corrected chi connectivity index (χ0v) is 20.3. The van der Waals surface area contributed by atoms with Gasteiger partial charge in [0.2, 0.25) is 0 Å². The van der Waals surface area contributed by atoms with Gasteiger partial charge in [0.05, 0.1) is 32.1 Å². The van der Waals surface area contributed by atoms with Crippen LogP contribution in [0, 0.1) is 0 Å². The van der Waals surface area contributed by atoms with E-state index in [1.54, 1.807) is 0 Å². The van der Waals surface area contributed by atoms with E-state index < -0.39 is 0 Å². The summed E-state index contributed by atoms with van der Waals surface area (Å²) in [5.74, 6) is 1.34. The lowest BCUT2D eigenvalue weighted by Gasteiger charge is -2.12. The first-order chi connectivity index (χ1) is 17.2. The molecule has 4 aromatic rings. The molecule has 35 heavy (non-hydrogen) atoms. The second kappa shape index (κ2) is 12.1. The topological polar surface area (TPSA) is 70.8 Å². The van der Waals surface area contributed by atoms with Gasteiger partial charge in [-0.15, -0.1) is 0 Å². The van der Waals surface area contributed by atoms with Crippen molar-refractivity contribution < 1.29 is 23.5 Å². The van der Waals surface area contributed by atoms with E-state index in [9.17, 15) is 4.79 Å². The number of aromatic nitrogens is 1. The molecular weight excluding hydrogens is 442 g/mol. The Balaban J connectivity index is 1.32. The highest BCUT2D eigenvalue weighted by Crippen LogP contribution is 2.35. The van der Waals surface area contributed by atoms with E-state index in [1.807, 2.05) is 66.7 Å². The van der Waals surface area contributed by atoms with Gasteiger partial charge in [0.1, 0.15) is 17.2 Å². The molecule has 1 heterocycles. The number of aryl methyl sites for hydroxylation is 1. The highest BCUT2D eigenvalue weighted by atomic mass is 16.5. The van der Waals surface area contributed by atoms with Gasteiger partial charge < -0.3 is 18.7 Å². The minimum atomic E-state index is -0.262. The molecule has 0 aliphatic heterocycles. The number of carbonyl (C=O) groups excluding carboxylic acids is 1. The number of hydrogen-bond acceptors (Lipinski definition) is 6. The van der Waals surface area contributed by atoms with Crippen molar-refractivity contribution in [1.29, 1.82) is 0 Å². The molecule has 3 aromatic carbocycles. The third-order valence-electron chi connectivity index (χ3n) is 5.79.